The number of aryl methyl sites for hydroxylation is 1. The van der Waals surface area contributed by atoms with E-state index in [1.165, 1.54) is 16.7 Å². The van der Waals surface area contributed by atoms with Gasteiger partial charge in [0.1, 0.15) is 0 Å². The van der Waals surface area contributed by atoms with Gasteiger partial charge in [-0.15, -0.1) is 0 Å². The molecule has 4 nitrogen and oxygen atoms in total. The van der Waals surface area contributed by atoms with Gasteiger partial charge in [0.05, 0.1) is 0 Å². The van der Waals surface area contributed by atoms with Crippen LogP contribution in [0.25, 0.3) is 17.2 Å². The van der Waals surface area contributed by atoms with E-state index in [1.807, 2.05) is 12.1 Å². The first kappa shape index (κ1) is 23.9. The highest BCUT2D eigenvalue weighted by molar-refractivity contribution is 6.11. The maximum absolute atomic E-state index is 13.5. The van der Waals surface area contributed by atoms with Crippen molar-refractivity contribution in [3.05, 3.63) is 95.1 Å². The Morgan fingerprint density at radius 3 is 2.44 bits per heavy atom. The van der Waals surface area contributed by atoms with Crippen molar-refractivity contribution >= 4 is 17.5 Å². The third-order valence-corrected chi connectivity index (χ3v) is 6.44. The Bertz CT molecular complexity index is 1170. The number of rotatable bonds is 7. The summed E-state index contributed by atoms with van der Waals surface area (Å²) in [6.45, 7) is 6.85. The van der Waals surface area contributed by atoms with Crippen molar-refractivity contribution in [2.75, 3.05) is 52.2 Å². The van der Waals surface area contributed by atoms with E-state index in [2.05, 4.69) is 103 Å². The first-order valence-corrected chi connectivity index (χ1v) is 12.0. The average Bonchev–Trinajstić information content (AvgIpc) is 2.83. The number of allylic oxidation sites excluding steroid dienone is 1. The van der Waals surface area contributed by atoms with Crippen LogP contribution in [-0.2, 0) is 6.54 Å². The fraction of sp³-hybridized carbons (Fsp3) is 0.300. The zero-order valence-electron chi connectivity index (χ0n) is 20.8. The monoisotopic (exact) mass is 453 g/mol. The van der Waals surface area contributed by atoms with Crippen molar-refractivity contribution in [3.8, 4) is 11.1 Å². The van der Waals surface area contributed by atoms with Gasteiger partial charge in [-0.2, -0.15) is 0 Å². The van der Waals surface area contributed by atoms with Gasteiger partial charge < -0.3 is 14.7 Å². The molecule has 0 aromatic heterocycles. The van der Waals surface area contributed by atoms with Gasteiger partial charge in [0.15, 0.2) is 5.78 Å². The Morgan fingerprint density at radius 1 is 0.941 bits per heavy atom. The quantitative estimate of drug-likeness (QED) is 0.355. The minimum absolute atomic E-state index is 0.0439. The molecule has 0 amide bonds. The van der Waals surface area contributed by atoms with Crippen molar-refractivity contribution in [1.29, 1.82) is 0 Å². The van der Waals surface area contributed by atoms with Gasteiger partial charge in [-0.05, 0) is 74.1 Å². The fourth-order valence-electron chi connectivity index (χ4n) is 4.54. The number of ketones is 1. The molecule has 0 bridgehead atoms. The van der Waals surface area contributed by atoms with Crippen LogP contribution in [0.3, 0.4) is 0 Å². The fourth-order valence-corrected chi connectivity index (χ4v) is 4.54. The van der Waals surface area contributed by atoms with Crippen LogP contribution in [0.2, 0.25) is 0 Å². The Labute approximate surface area is 204 Å². The molecule has 3 aromatic carbocycles. The third-order valence-electron chi connectivity index (χ3n) is 6.44. The lowest BCUT2D eigenvalue weighted by atomic mass is 9.95. The summed E-state index contributed by atoms with van der Waals surface area (Å²) in [6, 6.07) is 23.1. The van der Waals surface area contributed by atoms with E-state index in [1.54, 1.807) is 6.08 Å². The molecule has 0 aliphatic carbocycles. The molecule has 1 heterocycles. The second kappa shape index (κ2) is 10.8. The maximum Gasteiger partial charge on any atom is 0.187 e. The highest BCUT2D eigenvalue weighted by Gasteiger charge is 2.20. The van der Waals surface area contributed by atoms with Crippen molar-refractivity contribution < 1.29 is 4.79 Å². The van der Waals surface area contributed by atoms with E-state index < -0.39 is 0 Å². The normalized spacial score (nSPS) is 14.8. The number of piperazine rings is 1. The van der Waals surface area contributed by atoms with Crippen LogP contribution in [0, 0.1) is 6.92 Å². The van der Waals surface area contributed by atoms with E-state index in [4.69, 9.17) is 0 Å². The summed E-state index contributed by atoms with van der Waals surface area (Å²) in [5.74, 6) is 0.0439. The summed E-state index contributed by atoms with van der Waals surface area (Å²) in [7, 11) is 6.28. The number of benzene rings is 3. The van der Waals surface area contributed by atoms with Gasteiger partial charge in [0, 0.05) is 44.0 Å². The average molecular weight is 454 g/mol. The molecule has 34 heavy (non-hydrogen) atoms. The molecule has 0 unspecified atom stereocenters. The van der Waals surface area contributed by atoms with E-state index in [9.17, 15) is 4.79 Å². The van der Waals surface area contributed by atoms with Crippen LogP contribution in [-0.4, -0.2) is 62.9 Å². The Hall–Kier alpha value is -3.21. The number of likely N-dealkylation sites (N-methyl/N-ethyl adjacent to an activating group) is 1. The molecular formula is C30H35N3O. The number of nitrogens with zero attached hydrogens (tertiary/aromatic N) is 3. The van der Waals surface area contributed by atoms with Crippen molar-refractivity contribution in [3.63, 3.8) is 0 Å². The highest BCUT2D eigenvalue weighted by atomic mass is 16.1. The Morgan fingerprint density at radius 2 is 1.71 bits per heavy atom. The van der Waals surface area contributed by atoms with Crippen LogP contribution in [0.1, 0.15) is 27.0 Å². The van der Waals surface area contributed by atoms with Gasteiger partial charge in [-0.1, -0.05) is 60.7 Å². The number of carbonyl (C=O) groups excluding carboxylic acids is 1. The first-order valence-electron chi connectivity index (χ1n) is 12.0. The van der Waals surface area contributed by atoms with Crippen molar-refractivity contribution in [2.45, 2.75) is 13.5 Å². The lowest BCUT2D eigenvalue weighted by Gasteiger charge is -2.35. The summed E-state index contributed by atoms with van der Waals surface area (Å²) in [4.78, 5) is 20.4. The largest absolute Gasteiger partial charge is 0.368 e. The van der Waals surface area contributed by atoms with Gasteiger partial charge in [-0.25, -0.2) is 0 Å². The smallest absolute Gasteiger partial charge is 0.187 e. The van der Waals surface area contributed by atoms with E-state index in [0.717, 1.165) is 55.1 Å². The molecule has 4 heteroatoms. The molecule has 0 saturated carbocycles. The summed E-state index contributed by atoms with van der Waals surface area (Å²) in [6.07, 6.45) is 3.67. The molecule has 1 saturated heterocycles. The molecule has 0 spiro atoms. The Kier molecular flexibility index (Phi) is 7.61. The van der Waals surface area contributed by atoms with E-state index in [-0.39, 0.29) is 5.78 Å². The van der Waals surface area contributed by atoms with E-state index in [0.29, 0.717) is 0 Å². The zero-order chi connectivity index (χ0) is 24.1. The lowest BCUT2D eigenvalue weighted by molar-refractivity contribution is 0.104. The molecule has 1 aliphatic rings. The molecule has 0 N–H and O–H groups in total. The van der Waals surface area contributed by atoms with Gasteiger partial charge >= 0.3 is 0 Å². The second-order valence-electron chi connectivity index (χ2n) is 9.52. The summed E-state index contributed by atoms with van der Waals surface area (Å²) >= 11 is 0. The summed E-state index contributed by atoms with van der Waals surface area (Å²) in [5, 5.41) is 0. The molecule has 1 aliphatic heterocycles. The predicted octanol–water partition coefficient (Wildman–Crippen LogP) is 5.37. The van der Waals surface area contributed by atoms with Crippen molar-refractivity contribution in [2.24, 2.45) is 0 Å². The molecule has 4 rings (SSSR count). The zero-order valence-corrected chi connectivity index (χ0v) is 20.8. The molecule has 176 valence electrons. The van der Waals surface area contributed by atoms with Crippen LogP contribution in [0.5, 0.6) is 0 Å². The summed E-state index contributed by atoms with van der Waals surface area (Å²) < 4.78 is 0. The SMILES string of the molecule is Cc1ccccc1-c1ccc(N2CCN(C)CC2)c(C(=O)/C=C/c2cccc(CN(C)C)c2)c1. The van der Waals surface area contributed by atoms with Crippen LogP contribution in [0.15, 0.2) is 72.8 Å². The molecule has 0 radical (unpaired) electrons. The number of carbonyl (C=O) groups is 1. The number of hydrogen-bond acceptors (Lipinski definition) is 4. The minimum Gasteiger partial charge on any atom is -0.368 e. The molecule has 0 atom stereocenters. The standard InChI is InChI=1S/C30H35N3O/c1-23-8-5-6-11-27(23)26-13-14-29(33-18-16-32(4)17-19-33)28(21-26)30(34)15-12-24-9-7-10-25(20-24)22-31(2)3/h5-15,20-21H,16-19,22H2,1-4H3/b15-12+. The minimum atomic E-state index is 0.0439. The predicted molar refractivity (Wildman–Crippen MR) is 144 cm³/mol. The summed E-state index contributed by atoms with van der Waals surface area (Å²) in [5.41, 5.74) is 7.54. The van der Waals surface area contributed by atoms with Gasteiger partial charge in [0.2, 0.25) is 0 Å². The van der Waals surface area contributed by atoms with Gasteiger partial charge in [0.25, 0.3) is 0 Å². The third kappa shape index (κ3) is 5.82. The van der Waals surface area contributed by atoms with Crippen LogP contribution < -0.4 is 4.90 Å². The van der Waals surface area contributed by atoms with Crippen LogP contribution in [0.4, 0.5) is 5.69 Å². The van der Waals surface area contributed by atoms with Crippen LogP contribution >= 0.6 is 0 Å². The van der Waals surface area contributed by atoms with E-state index >= 15 is 0 Å². The lowest BCUT2D eigenvalue weighted by Crippen LogP contribution is -2.45. The second-order valence-corrected chi connectivity index (χ2v) is 9.52. The Balaban J connectivity index is 1.67. The number of hydrogen-bond donors (Lipinski definition) is 0. The number of anilines is 1. The topological polar surface area (TPSA) is 26.8 Å². The highest BCUT2D eigenvalue weighted by Crippen LogP contribution is 2.31. The molecule has 3 aromatic rings. The first-order chi connectivity index (χ1) is 16.4. The molecular weight excluding hydrogens is 418 g/mol. The van der Waals surface area contributed by atoms with Crippen molar-refractivity contribution in [1.82, 2.24) is 9.80 Å². The van der Waals surface area contributed by atoms with Gasteiger partial charge in [-0.3, -0.25) is 4.79 Å². The maximum atomic E-state index is 13.5. The molecule has 1 fully saturated rings.